The Labute approximate surface area is 163 Å². The molecule has 0 amide bonds. The molecule has 140 valence electrons. The molecular weight excluding hydrogens is 417 g/mol. The van der Waals surface area contributed by atoms with Crippen molar-refractivity contribution in [3.05, 3.63) is 12.2 Å². The van der Waals surface area contributed by atoms with Gasteiger partial charge in [-0.25, -0.2) is 9.98 Å². The third kappa shape index (κ3) is 8.27. The van der Waals surface area contributed by atoms with E-state index >= 15 is 0 Å². The van der Waals surface area contributed by atoms with Crippen LogP contribution in [0.1, 0.15) is 46.9 Å². The van der Waals surface area contributed by atoms with Crippen molar-refractivity contribution >= 4 is 29.9 Å². The van der Waals surface area contributed by atoms with E-state index in [1.54, 1.807) is 11.0 Å². The van der Waals surface area contributed by atoms with E-state index in [2.05, 4.69) is 65.2 Å². The number of hydrogen-bond acceptors (Lipinski definition) is 4. The first kappa shape index (κ1) is 23.1. The molecule has 7 nitrogen and oxygen atoms in total. The highest BCUT2D eigenvalue weighted by atomic mass is 127. The first-order valence-corrected chi connectivity index (χ1v) is 8.56. The molecule has 1 rings (SSSR count). The van der Waals surface area contributed by atoms with Crippen LogP contribution in [0.4, 0.5) is 0 Å². The van der Waals surface area contributed by atoms with Gasteiger partial charge in [0, 0.05) is 38.8 Å². The molecule has 1 aromatic rings. The summed E-state index contributed by atoms with van der Waals surface area (Å²) in [5, 5.41) is 10.7. The fraction of sp³-hybridized carbons (Fsp3) is 0.812. The number of aryl methyl sites for hydroxylation is 1. The number of aromatic nitrogens is 3. The molecule has 0 aliphatic heterocycles. The lowest BCUT2D eigenvalue weighted by Crippen LogP contribution is -2.41. The molecule has 0 bridgehead atoms. The van der Waals surface area contributed by atoms with Gasteiger partial charge in [0.25, 0.3) is 0 Å². The molecule has 2 N–H and O–H groups in total. The predicted molar refractivity (Wildman–Crippen MR) is 111 cm³/mol. The van der Waals surface area contributed by atoms with Crippen molar-refractivity contribution in [2.45, 2.75) is 59.7 Å². The van der Waals surface area contributed by atoms with Crippen molar-refractivity contribution in [2.75, 3.05) is 19.6 Å². The summed E-state index contributed by atoms with van der Waals surface area (Å²) in [6, 6.07) is 1.15. The van der Waals surface area contributed by atoms with Crippen LogP contribution in [0.2, 0.25) is 0 Å². The molecule has 0 aliphatic rings. The van der Waals surface area contributed by atoms with Gasteiger partial charge in [0.15, 0.2) is 5.96 Å². The Bertz CT molecular complexity index is 463. The molecule has 0 saturated carbocycles. The number of halogens is 1. The molecule has 0 atom stereocenters. The highest BCUT2D eigenvalue weighted by molar-refractivity contribution is 14.0. The second-order valence-electron chi connectivity index (χ2n) is 6.20. The van der Waals surface area contributed by atoms with Gasteiger partial charge in [-0.2, -0.15) is 5.10 Å². The normalized spacial score (nSPS) is 12.0. The summed E-state index contributed by atoms with van der Waals surface area (Å²) in [5.41, 5.74) is 0. The van der Waals surface area contributed by atoms with Crippen LogP contribution in [0.15, 0.2) is 11.3 Å². The topological polar surface area (TPSA) is 70.4 Å². The van der Waals surface area contributed by atoms with Crippen molar-refractivity contribution in [1.29, 1.82) is 0 Å². The van der Waals surface area contributed by atoms with Gasteiger partial charge in [0.05, 0.1) is 0 Å². The Hall–Kier alpha value is -0.900. The van der Waals surface area contributed by atoms with Gasteiger partial charge in [-0.15, -0.1) is 24.0 Å². The molecule has 0 radical (unpaired) electrons. The Morgan fingerprint density at radius 1 is 1.25 bits per heavy atom. The molecule has 1 heterocycles. The number of guanidine groups is 1. The minimum Gasteiger partial charge on any atom is -0.357 e. The zero-order valence-electron chi connectivity index (χ0n) is 15.9. The minimum atomic E-state index is 0. The zero-order valence-corrected chi connectivity index (χ0v) is 18.2. The third-order valence-corrected chi connectivity index (χ3v) is 3.74. The minimum absolute atomic E-state index is 0. The van der Waals surface area contributed by atoms with Gasteiger partial charge in [-0.1, -0.05) is 0 Å². The number of aliphatic imine (C=N–C) groups is 1. The maximum atomic E-state index is 4.56. The molecule has 8 heteroatoms. The summed E-state index contributed by atoms with van der Waals surface area (Å²) in [7, 11) is 1.88. The van der Waals surface area contributed by atoms with Crippen molar-refractivity contribution in [3.8, 4) is 0 Å². The molecule has 0 aliphatic carbocycles. The lowest BCUT2D eigenvalue weighted by molar-refractivity contribution is 0.173. The number of nitrogens with zero attached hydrogens (tertiary/aromatic N) is 5. The highest BCUT2D eigenvalue weighted by Crippen LogP contribution is 2.05. The van der Waals surface area contributed by atoms with E-state index in [1.165, 1.54) is 0 Å². The Balaban J connectivity index is 0.00000529. The van der Waals surface area contributed by atoms with Gasteiger partial charge in [-0.3, -0.25) is 9.58 Å². The van der Waals surface area contributed by atoms with Crippen LogP contribution >= 0.6 is 24.0 Å². The van der Waals surface area contributed by atoms with Crippen molar-refractivity contribution in [2.24, 2.45) is 12.0 Å². The Kier molecular flexibility index (Phi) is 12.0. The largest absolute Gasteiger partial charge is 0.357 e. The second-order valence-corrected chi connectivity index (χ2v) is 6.20. The fourth-order valence-electron chi connectivity index (χ4n) is 2.54. The molecular formula is C16H34IN7. The lowest BCUT2D eigenvalue weighted by atomic mass is 10.2. The van der Waals surface area contributed by atoms with E-state index in [9.17, 15) is 0 Å². The smallest absolute Gasteiger partial charge is 0.191 e. The maximum absolute atomic E-state index is 4.56. The monoisotopic (exact) mass is 451 g/mol. The molecule has 0 saturated heterocycles. The van der Waals surface area contributed by atoms with Crippen LogP contribution in [0, 0.1) is 0 Å². The SMILES string of the molecule is CCNC(=NCc1ncnn1C)NCCCN(C(C)C)C(C)C.I. The van der Waals surface area contributed by atoms with Crippen LogP contribution < -0.4 is 10.6 Å². The predicted octanol–water partition coefficient (Wildman–Crippen LogP) is 2.00. The van der Waals surface area contributed by atoms with Gasteiger partial charge < -0.3 is 10.6 Å². The third-order valence-electron chi connectivity index (χ3n) is 3.74. The van der Waals surface area contributed by atoms with E-state index in [0.29, 0.717) is 18.6 Å². The maximum Gasteiger partial charge on any atom is 0.191 e. The Morgan fingerprint density at radius 3 is 2.42 bits per heavy atom. The van der Waals surface area contributed by atoms with E-state index in [4.69, 9.17) is 0 Å². The lowest BCUT2D eigenvalue weighted by Gasteiger charge is -2.30. The second kappa shape index (κ2) is 12.5. The number of nitrogens with one attached hydrogen (secondary N) is 2. The number of hydrogen-bond donors (Lipinski definition) is 2. The van der Waals surface area contributed by atoms with Gasteiger partial charge in [0.2, 0.25) is 0 Å². The molecule has 0 aromatic carbocycles. The first-order valence-electron chi connectivity index (χ1n) is 8.56. The van der Waals surface area contributed by atoms with Gasteiger partial charge >= 0.3 is 0 Å². The molecule has 0 fully saturated rings. The quantitative estimate of drug-likeness (QED) is 0.260. The van der Waals surface area contributed by atoms with Crippen LogP contribution in [0.5, 0.6) is 0 Å². The van der Waals surface area contributed by atoms with Crippen LogP contribution in [-0.4, -0.2) is 57.3 Å². The average molecular weight is 451 g/mol. The fourth-order valence-corrected chi connectivity index (χ4v) is 2.54. The van der Waals surface area contributed by atoms with Crippen molar-refractivity contribution in [1.82, 2.24) is 30.3 Å². The van der Waals surface area contributed by atoms with E-state index < -0.39 is 0 Å². The van der Waals surface area contributed by atoms with E-state index in [0.717, 1.165) is 37.8 Å². The molecule has 1 aromatic heterocycles. The summed E-state index contributed by atoms with van der Waals surface area (Å²) in [4.78, 5) is 11.3. The van der Waals surface area contributed by atoms with Crippen LogP contribution in [-0.2, 0) is 13.6 Å². The molecule has 0 unspecified atom stereocenters. The number of rotatable bonds is 9. The highest BCUT2D eigenvalue weighted by Gasteiger charge is 2.12. The van der Waals surface area contributed by atoms with Gasteiger partial charge in [-0.05, 0) is 41.0 Å². The molecule has 0 spiro atoms. The van der Waals surface area contributed by atoms with E-state index in [1.807, 2.05) is 7.05 Å². The zero-order chi connectivity index (χ0) is 17.2. The Morgan fingerprint density at radius 2 is 1.92 bits per heavy atom. The van der Waals surface area contributed by atoms with Crippen molar-refractivity contribution < 1.29 is 0 Å². The van der Waals surface area contributed by atoms with E-state index in [-0.39, 0.29) is 24.0 Å². The summed E-state index contributed by atoms with van der Waals surface area (Å²) in [6.07, 6.45) is 2.64. The standard InChI is InChI=1S/C16H33N7.HI/c1-7-17-16(19-11-15-20-12-21-22(15)6)18-9-8-10-23(13(2)3)14(4)5;/h12-14H,7-11H2,1-6H3,(H2,17,18,19);1H. The van der Waals surface area contributed by atoms with Crippen LogP contribution in [0.3, 0.4) is 0 Å². The van der Waals surface area contributed by atoms with Crippen LogP contribution in [0.25, 0.3) is 0 Å². The summed E-state index contributed by atoms with van der Waals surface area (Å²) < 4.78 is 1.75. The summed E-state index contributed by atoms with van der Waals surface area (Å²) in [5.74, 6) is 1.68. The molecule has 24 heavy (non-hydrogen) atoms. The summed E-state index contributed by atoms with van der Waals surface area (Å²) in [6.45, 7) is 14.4. The van der Waals surface area contributed by atoms with Crippen molar-refractivity contribution in [3.63, 3.8) is 0 Å². The summed E-state index contributed by atoms with van der Waals surface area (Å²) >= 11 is 0. The first-order chi connectivity index (χ1) is 11.0. The van der Waals surface area contributed by atoms with Gasteiger partial charge in [0.1, 0.15) is 18.7 Å². The average Bonchev–Trinajstić information content (AvgIpc) is 2.88.